The molecule has 134 heavy (non-hydrogen) atoms. The summed E-state index contributed by atoms with van der Waals surface area (Å²) in [5.74, 6) is -1.39. The molecule has 0 radical (unpaired) electrons. The Labute approximate surface area is 789 Å². The molecule has 7 aromatic rings. The van der Waals surface area contributed by atoms with Crippen molar-refractivity contribution >= 4 is 92.9 Å². The van der Waals surface area contributed by atoms with Crippen LogP contribution in [-0.2, 0) is 120 Å². The van der Waals surface area contributed by atoms with Gasteiger partial charge in [0.15, 0.2) is 11.6 Å². The minimum Gasteiger partial charge on any atom is -0.481 e. The van der Waals surface area contributed by atoms with Crippen LogP contribution in [0.4, 0.5) is 23.5 Å². The summed E-state index contributed by atoms with van der Waals surface area (Å²) in [4.78, 5) is 121. The summed E-state index contributed by atoms with van der Waals surface area (Å²) >= 11 is 0. The SMILES string of the molecule is CCCCCNc1nc(N)nc2ccn(Cc3ccc(CN4CCN(C(=O)CCOCCOCCOCCOCCOC)CC4)cc3C)c12.CCCCCNc1nc(N)nc2ccn(Cc3ccc(CN4CCN(C(=O)CCOCCOCCn5cc(CN6C(=O)CC(C)C6=O)nn5)CC4)cc3C)c12.CCCOCCCC(=O)CC(C)C(=O)O.CCCOCCNC(=O)C(C)CC(=O)O. The molecule has 2 aromatic carbocycles. The van der Waals surface area contributed by atoms with E-state index in [2.05, 4.69) is 142 Å². The van der Waals surface area contributed by atoms with Crippen LogP contribution in [0.1, 0.15) is 184 Å². The van der Waals surface area contributed by atoms with E-state index in [-0.39, 0.29) is 78.9 Å². The number of Topliss-reactive ketones (excluding diaryl/α,β-unsaturated/α-hetero) is 1. The molecule has 3 aliphatic heterocycles. The van der Waals surface area contributed by atoms with Gasteiger partial charge in [-0.2, -0.15) is 9.97 Å². The highest BCUT2D eigenvalue weighted by atomic mass is 16.6. The van der Waals surface area contributed by atoms with Crippen molar-refractivity contribution in [3.63, 3.8) is 0 Å². The number of methoxy groups -OCH3 is 1. The number of imide groups is 1. The zero-order chi connectivity index (χ0) is 96.8. The van der Waals surface area contributed by atoms with Gasteiger partial charge in [0, 0.05) is 169 Å². The van der Waals surface area contributed by atoms with E-state index in [0.717, 1.165) is 144 Å². The van der Waals surface area contributed by atoms with Crippen LogP contribution in [0.3, 0.4) is 0 Å². The van der Waals surface area contributed by atoms with Crippen molar-refractivity contribution in [1.29, 1.82) is 0 Å². The fourth-order valence-corrected chi connectivity index (χ4v) is 15.1. The van der Waals surface area contributed by atoms with Crippen LogP contribution in [0.2, 0.25) is 0 Å². The number of nitrogen functional groups attached to an aromatic ring is 2. The summed E-state index contributed by atoms with van der Waals surface area (Å²) < 4.78 is 54.5. The van der Waals surface area contributed by atoms with E-state index in [4.69, 9.17) is 64.3 Å². The average molecular weight is 1880 g/mol. The molecular weight excluding hydrogens is 1720 g/mol. The number of unbranched alkanes of at least 4 members (excludes halogenated alkanes) is 4. The summed E-state index contributed by atoms with van der Waals surface area (Å²) in [7, 11) is 1.65. The van der Waals surface area contributed by atoms with Crippen molar-refractivity contribution in [2.75, 3.05) is 214 Å². The van der Waals surface area contributed by atoms with Crippen LogP contribution in [0.25, 0.3) is 22.1 Å². The number of fused-ring (bicyclic) bond motifs is 2. The molecule has 0 aliphatic carbocycles. The first-order chi connectivity index (χ1) is 64.8. The number of nitrogens with two attached hydrogens (primary N) is 2. The summed E-state index contributed by atoms with van der Waals surface area (Å²) in [6.45, 7) is 38.4. The lowest BCUT2D eigenvalue weighted by atomic mass is 10.0. The fourth-order valence-electron chi connectivity index (χ4n) is 15.1. The van der Waals surface area contributed by atoms with E-state index >= 15 is 0 Å². The van der Waals surface area contributed by atoms with Crippen LogP contribution in [0.15, 0.2) is 67.1 Å². The number of amides is 5. The Morgan fingerprint density at radius 3 is 1.40 bits per heavy atom. The lowest BCUT2D eigenvalue weighted by Gasteiger charge is -2.35. The molecule has 38 heteroatoms. The summed E-state index contributed by atoms with van der Waals surface area (Å²) in [6, 6.07) is 17.4. The third-order valence-electron chi connectivity index (χ3n) is 22.7. The van der Waals surface area contributed by atoms with Gasteiger partial charge in [0.25, 0.3) is 0 Å². The zero-order valence-electron chi connectivity index (χ0n) is 81.0. The molecule has 3 fully saturated rings. The highest BCUT2D eigenvalue weighted by molar-refractivity contribution is 6.03. The highest BCUT2D eigenvalue weighted by Crippen LogP contribution is 2.29. The van der Waals surface area contributed by atoms with Gasteiger partial charge < -0.3 is 99.2 Å². The molecule has 8 heterocycles. The minimum atomic E-state index is -0.958. The molecule has 0 spiro atoms. The number of carbonyl (C=O) groups is 8. The monoisotopic (exact) mass is 1870 g/mol. The average Bonchev–Trinajstić information content (AvgIpc) is 1.64. The van der Waals surface area contributed by atoms with Crippen molar-refractivity contribution in [2.45, 2.75) is 198 Å². The van der Waals surface area contributed by atoms with Gasteiger partial charge in [-0.3, -0.25) is 53.1 Å². The van der Waals surface area contributed by atoms with Crippen LogP contribution in [-0.4, -0.2) is 317 Å². The number of nitrogens with zero attached hydrogens (tertiary/aromatic N) is 14. The van der Waals surface area contributed by atoms with Crippen LogP contribution in [0.5, 0.6) is 0 Å². The van der Waals surface area contributed by atoms with Crippen molar-refractivity contribution in [1.82, 2.24) is 73.9 Å². The molecule has 5 amide bonds. The first-order valence-electron chi connectivity index (χ1n) is 47.8. The lowest BCUT2D eigenvalue weighted by Crippen LogP contribution is -2.48. The van der Waals surface area contributed by atoms with Gasteiger partial charge in [0.05, 0.1) is 148 Å². The van der Waals surface area contributed by atoms with Crippen LogP contribution >= 0.6 is 0 Å². The van der Waals surface area contributed by atoms with E-state index < -0.39 is 23.8 Å². The quantitative estimate of drug-likeness (QED) is 0.0138. The molecule has 38 nitrogen and oxygen atoms in total. The molecule has 0 bridgehead atoms. The van der Waals surface area contributed by atoms with Gasteiger partial charge in [0.2, 0.25) is 41.4 Å². The summed E-state index contributed by atoms with van der Waals surface area (Å²) in [6.07, 6.45) is 16.7. The van der Waals surface area contributed by atoms with Gasteiger partial charge >= 0.3 is 11.9 Å². The van der Waals surface area contributed by atoms with Crippen LogP contribution < -0.4 is 27.4 Å². The number of carbonyl (C=O) groups excluding carboxylic acids is 6. The normalized spacial score (nSPS) is 14.6. The first-order valence-corrected chi connectivity index (χ1v) is 47.8. The molecule has 3 unspecified atom stereocenters. The number of benzene rings is 2. The predicted molar refractivity (Wildman–Crippen MR) is 512 cm³/mol. The Hall–Kier alpha value is -10.3. The Kier molecular flexibility index (Phi) is 52.2. The number of piperazine rings is 2. The maximum Gasteiger partial charge on any atom is 0.306 e. The van der Waals surface area contributed by atoms with E-state index in [1.54, 1.807) is 38.8 Å². The molecule has 3 aliphatic rings. The number of hydrogen-bond donors (Lipinski definition) is 7. The second kappa shape index (κ2) is 63.1. The molecule has 3 atom stereocenters. The molecular formula is C96H151N19O19. The van der Waals surface area contributed by atoms with Gasteiger partial charge in [0.1, 0.15) is 22.5 Å². The van der Waals surface area contributed by atoms with E-state index in [1.807, 2.05) is 35.8 Å². The van der Waals surface area contributed by atoms with Crippen LogP contribution in [0, 0.1) is 31.6 Å². The Balaban J connectivity index is 0.000000281. The second-order valence-corrected chi connectivity index (χ2v) is 34.0. The number of hydrogen-bond acceptors (Lipinski definition) is 29. The van der Waals surface area contributed by atoms with E-state index in [9.17, 15) is 38.4 Å². The lowest BCUT2D eigenvalue weighted by molar-refractivity contribution is -0.143. The highest BCUT2D eigenvalue weighted by Gasteiger charge is 2.36. The molecule has 0 saturated carbocycles. The first kappa shape index (κ1) is 111. The minimum absolute atomic E-state index is 0.00463. The molecule has 9 N–H and O–H groups in total. The van der Waals surface area contributed by atoms with Crippen molar-refractivity contribution in [2.24, 2.45) is 17.8 Å². The standard InChI is InChI=1S/C39H55N11O5.C36H57N7O6.C11H20O4.C10H19NO4/c1-4-5-6-11-41-37-36-33(42-39(40)43-37)9-12-48(36)25-31-8-7-30(22-28(31)2)24-46-13-15-47(16-14-46)34(51)10-18-54-20-21-55-19-17-49-26-32(44-45-49)27-50-35(52)23-29(3)38(50)53;1-4-5-6-11-38-35-34-32(39-36(37)40-35)9-12-43(34)28-31-8-7-30(26-29(31)2)27-41-13-15-42(16-14-41)33(44)10-17-46-20-21-48-24-25-49-23-22-47-19-18-45-3;1-3-6-15-7-4-5-10(12)8-9(2)11(13)14;1-3-5-15-6-4-11-10(14)8(2)7-9(12)13/h7-9,12,22,26,29H,4-6,10-11,13-21,23-25,27H2,1-3H3,(H3,40,41,42,43);7-9,12,26H,4-6,10-11,13-25,27-28H2,1-3H3,(H3,37,38,39,40);9H,3-8H2,1-2H3,(H,13,14);8H,3-7H2,1-2H3,(H,11,14)(H,12,13). The van der Waals surface area contributed by atoms with E-state index in [0.29, 0.717) is 170 Å². The third kappa shape index (κ3) is 41.1. The van der Waals surface area contributed by atoms with Gasteiger partial charge in [-0.25, -0.2) is 14.6 Å². The maximum absolute atomic E-state index is 12.8. The number of aliphatic carboxylic acids is 2. The number of likely N-dealkylation sites (tertiary alicyclic amines) is 1. The largest absolute Gasteiger partial charge is 0.481 e. The Morgan fingerprint density at radius 1 is 0.500 bits per heavy atom. The van der Waals surface area contributed by atoms with Crippen molar-refractivity contribution in [3.05, 3.63) is 106 Å². The predicted octanol–water partition coefficient (Wildman–Crippen LogP) is 9.46. The number of ketones is 1. The number of aromatic nitrogens is 9. The Bertz CT molecular complexity index is 4650. The van der Waals surface area contributed by atoms with Crippen molar-refractivity contribution < 1.29 is 91.2 Å². The number of aryl methyl sites for hydroxylation is 2. The molecule has 3 saturated heterocycles. The maximum atomic E-state index is 12.8. The topological polar surface area (TPSA) is 457 Å². The van der Waals surface area contributed by atoms with Crippen molar-refractivity contribution in [3.8, 4) is 0 Å². The fraction of sp³-hybridized carbons (Fsp3) is 0.646. The number of rotatable bonds is 61. The number of carboxylic acid groups (broad SMARTS) is 2. The molecule has 5 aromatic heterocycles. The molecule has 744 valence electrons. The number of carboxylic acids is 2. The summed E-state index contributed by atoms with van der Waals surface area (Å²) in [5, 5.41) is 34.8. The van der Waals surface area contributed by atoms with Gasteiger partial charge in [-0.15, -0.1) is 5.10 Å². The van der Waals surface area contributed by atoms with E-state index in [1.165, 1.54) is 57.5 Å². The smallest absolute Gasteiger partial charge is 0.306 e. The second-order valence-electron chi connectivity index (χ2n) is 34.0. The van der Waals surface area contributed by atoms with Gasteiger partial charge in [-0.05, 0) is 91.5 Å². The zero-order valence-corrected chi connectivity index (χ0v) is 81.0. The Morgan fingerprint density at radius 2 is 0.963 bits per heavy atom. The van der Waals surface area contributed by atoms with Gasteiger partial charge in [-0.1, -0.05) is 116 Å². The number of nitrogens with one attached hydrogen (secondary N) is 3. The molecule has 10 rings (SSSR count). The summed E-state index contributed by atoms with van der Waals surface area (Å²) in [5.41, 5.74) is 23.7. The third-order valence-corrected chi connectivity index (χ3v) is 22.7. The number of anilines is 4. The number of ether oxygens (including phenoxy) is 9.